The highest BCUT2D eigenvalue weighted by Gasteiger charge is 2.37. The van der Waals surface area contributed by atoms with Crippen molar-refractivity contribution in [2.45, 2.75) is 26.2 Å². The van der Waals surface area contributed by atoms with Gasteiger partial charge in [0.05, 0.1) is 5.41 Å². The van der Waals surface area contributed by atoms with Gasteiger partial charge in [0.15, 0.2) is 11.5 Å². The lowest BCUT2D eigenvalue weighted by Crippen LogP contribution is -2.44. The van der Waals surface area contributed by atoms with Crippen LogP contribution in [0.4, 0.5) is 5.69 Å². The summed E-state index contributed by atoms with van der Waals surface area (Å²) < 4.78 is 10.6. The van der Waals surface area contributed by atoms with E-state index in [1.807, 2.05) is 18.2 Å². The smallest absolute Gasteiger partial charge is 0.231 e. The molecule has 1 saturated heterocycles. The summed E-state index contributed by atoms with van der Waals surface area (Å²) in [7, 11) is 0. The monoisotopic (exact) mass is 276 g/mol. The quantitative estimate of drug-likeness (QED) is 0.888. The highest BCUT2D eigenvalue weighted by Crippen LogP contribution is 2.37. The standard InChI is InChI=1S/C15H20N2O3/c1-2-15(5-7-16-8-6-15)14(18)17-11-3-4-12-13(9-11)20-10-19-12/h3-4,9,16H,2,5-8,10H2,1H3,(H,17,18). The fourth-order valence-electron chi connectivity index (χ4n) is 2.88. The van der Waals surface area contributed by atoms with Crippen molar-refractivity contribution in [3.8, 4) is 11.5 Å². The van der Waals surface area contributed by atoms with Gasteiger partial charge in [-0.2, -0.15) is 0 Å². The predicted molar refractivity (Wildman–Crippen MR) is 76.0 cm³/mol. The van der Waals surface area contributed by atoms with Crippen molar-refractivity contribution in [1.29, 1.82) is 0 Å². The normalized spacial score (nSPS) is 19.6. The van der Waals surface area contributed by atoms with Crippen LogP contribution in [0.5, 0.6) is 11.5 Å². The van der Waals surface area contributed by atoms with Gasteiger partial charge in [0.2, 0.25) is 12.7 Å². The molecule has 1 aromatic carbocycles. The third kappa shape index (κ3) is 2.33. The summed E-state index contributed by atoms with van der Waals surface area (Å²) in [5.41, 5.74) is 0.521. The third-order valence-electron chi connectivity index (χ3n) is 4.35. The maximum Gasteiger partial charge on any atom is 0.231 e. The number of fused-ring (bicyclic) bond motifs is 1. The second kappa shape index (κ2) is 5.32. The zero-order valence-electron chi connectivity index (χ0n) is 11.7. The molecular formula is C15H20N2O3. The lowest BCUT2D eigenvalue weighted by Gasteiger charge is -2.35. The van der Waals surface area contributed by atoms with Gasteiger partial charge in [-0.3, -0.25) is 4.79 Å². The number of carbonyl (C=O) groups is 1. The fourth-order valence-corrected chi connectivity index (χ4v) is 2.88. The van der Waals surface area contributed by atoms with Crippen molar-refractivity contribution in [1.82, 2.24) is 5.32 Å². The molecule has 0 spiro atoms. The number of ether oxygens (including phenoxy) is 2. The van der Waals surface area contributed by atoms with E-state index in [0.717, 1.165) is 43.8 Å². The Morgan fingerprint density at radius 1 is 1.30 bits per heavy atom. The van der Waals surface area contributed by atoms with Crippen LogP contribution in [0.25, 0.3) is 0 Å². The molecule has 1 aromatic rings. The Hall–Kier alpha value is -1.75. The minimum absolute atomic E-state index is 0.111. The van der Waals surface area contributed by atoms with Gasteiger partial charge in [-0.25, -0.2) is 0 Å². The Kier molecular flexibility index (Phi) is 3.53. The van der Waals surface area contributed by atoms with Gasteiger partial charge in [0.1, 0.15) is 0 Å². The first-order valence-corrected chi connectivity index (χ1v) is 7.15. The first-order chi connectivity index (χ1) is 9.73. The number of rotatable bonds is 3. The topological polar surface area (TPSA) is 59.6 Å². The Morgan fingerprint density at radius 3 is 2.80 bits per heavy atom. The molecule has 1 amide bonds. The van der Waals surface area contributed by atoms with Crippen LogP contribution < -0.4 is 20.1 Å². The van der Waals surface area contributed by atoms with Crippen molar-refractivity contribution in [3.05, 3.63) is 18.2 Å². The van der Waals surface area contributed by atoms with Crippen LogP contribution in [0, 0.1) is 5.41 Å². The number of carbonyl (C=O) groups excluding carboxylic acids is 1. The van der Waals surface area contributed by atoms with Crippen LogP contribution in [0.15, 0.2) is 18.2 Å². The summed E-state index contributed by atoms with van der Waals surface area (Å²) in [4.78, 5) is 12.6. The Labute approximate surface area is 118 Å². The SMILES string of the molecule is CCC1(C(=O)Nc2ccc3c(c2)OCO3)CCNCC1. The van der Waals surface area contributed by atoms with Crippen LogP contribution >= 0.6 is 0 Å². The first-order valence-electron chi connectivity index (χ1n) is 7.15. The maximum atomic E-state index is 12.6. The molecular weight excluding hydrogens is 256 g/mol. The number of anilines is 1. The molecule has 0 aliphatic carbocycles. The number of nitrogens with one attached hydrogen (secondary N) is 2. The summed E-state index contributed by atoms with van der Waals surface area (Å²) >= 11 is 0. The van der Waals surface area contributed by atoms with Crippen LogP contribution in [0.2, 0.25) is 0 Å². The van der Waals surface area contributed by atoms with E-state index in [9.17, 15) is 4.79 Å². The highest BCUT2D eigenvalue weighted by atomic mass is 16.7. The van der Waals surface area contributed by atoms with Gasteiger partial charge in [0.25, 0.3) is 0 Å². The second-order valence-electron chi connectivity index (χ2n) is 5.41. The molecule has 2 aliphatic heterocycles. The summed E-state index contributed by atoms with van der Waals surface area (Å²) in [5.74, 6) is 1.54. The average Bonchev–Trinajstić information content (AvgIpc) is 2.95. The van der Waals surface area contributed by atoms with Gasteiger partial charge in [-0.1, -0.05) is 6.92 Å². The molecule has 2 N–H and O–H groups in total. The largest absolute Gasteiger partial charge is 0.454 e. The molecule has 5 nitrogen and oxygen atoms in total. The molecule has 0 saturated carbocycles. The van der Waals surface area contributed by atoms with E-state index in [1.165, 1.54) is 0 Å². The van der Waals surface area contributed by atoms with Crippen LogP contribution in [0.3, 0.4) is 0 Å². The number of amides is 1. The van der Waals surface area contributed by atoms with Crippen molar-refractivity contribution in [3.63, 3.8) is 0 Å². The van der Waals surface area contributed by atoms with E-state index in [-0.39, 0.29) is 18.1 Å². The first kappa shape index (κ1) is 13.2. The molecule has 5 heteroatoms. The van der Waals surface area contributed by atoms with Crippen LogP contribution in [0.1, 0.15) is 26.2 Å². The van der Waals surface area contributed by atoms with Crippen molar-refractivity contribution in [2.24, 2.45) is 5.41 Å². The Balaban J connectivity index is 1.74. The minimum atomic E-state index is -0.248. The van der Waals surface area contributed by atoms with E-state index < -0.39 is 0 Å². The van der Waals surface area contributed by atoms with E-state index in [4.69, 9.17) is 9.47 Å². The summed E-state index contributed by atoms with van der Waals surface area (Å²) in [6, 6.07) is 5.51. The summed E-state index contributed by atoms with van der Waals surface area (Å²) in [6.45, 7) is 4.15. The highest BCUT2D eigenvalue weighted by molar-refractivity contribution is 5.95. The maximum absolute atomic E-state index is 12.6. The lowest BCUT2D eigenvalue weighted by molar-refractivity contribution is -0.127. The molecule has 0 atom stereocenters. The van der Waals surface area contributed by atoms with Crippen molar-refractivity contribution in [2.75, 3.05) is 25.2 Å². The molecule has 108 valence electrons. The molecule has 0 radical (unpaired) electrons. The molecule has 20 heavy (non-hydrogen) atoms. The van der Waals surface area contributed by atoms with Crippen molar-refractivity contribution < 1.29 is 14.3 Å². The molecule has 0 bridgehead atoms. The van der Waals surface area contributed by atoms with Gasteiger partial charge in [0, 0.05) is 11.8 Å². The van der Waals surface area contributed by atoms with Crippen LogP contribution in [-0.2, 0) is 4.79 Å². The van der Waals surface area contributed by atoms with Gasteiger partial charge >= 0.3 is 0 Å². The lowest BCUT2D eigenvalue weighted by atomic mass is 9.76. The minimum Gasteiger partial charge on any atom is -0.454 e. The fraction of sp³-hybridized carbons (Fsp3) is 0.533. The van der Waals surface area contributed by atoms with Crippen LogP contribution in [-0.4, -0.2) is 25.8 Å². The van der Waals surface area contributed by atoms with Gasteiger partial charge in [-0.15, -0.1) is 0 Å². The third-order valence-corrected chi connectivity index (χ3v) is 4.35. The average molecular weight is 276 g/mol. The molecule has 0 aromatic heterocycles. The zero-order valence-corrected chi connectivity index (χ0v) is 11.7. The zero-order chi connectivity index (χ0) is 14.0. The van der Waals surface area contributed by atoms with Gasteiger partial charge < -0.3 is 20.1 Å². The summed E-state index contributed by atoms with van der Waals surface area (Å²) in [5, 5.41) is 6.34. The van der Waals surface area contributed by atoms with E-state index >= 15 is 0 Å². The number of piperidine rings is 1. The summed E-state index contributed by atoms with van der Waals surface area (Å²) in [6.07, 6.45) is 2.64. The molecule has 3 rings (SSSR count). The van der Waals surface area contributed by atoms with E-state index in [1.54, 1.807) is 0 Å². The Morgan fingerprint density at radius 2 is 2.05 bits per heavy atom. The molecule has 1 fully saturated rings. The Bertz CT molecular complexity index is 510. The molecule has 0 unspecified atom stereocenters. The van der Waals surface area contributed by atoms with E-state index in [0.29, 0.717) is 5.75 Å². The van der Waals surface area contributed by atoms with E-state index in [2.05, 4.69) is 17.6 Å². The van der Waals surface area contributed by atoms with Crippen molar-refractivity contribution >= 4 is 11.6 Å². The molecule has 2 aliphatic rings. The van der Waals surface area contributed by atoms with Gasteiger partial charge in [-0.05, 0) is 44.5 Å². The predicted octanol–water partition coefficient (Wildman–Crippen LogP) is 2.13. The molecule has 2 heterocycles. The number of benzene rings is 1. The number of hydrogen-bond acceptors (Lipinski definition) is 4. The second-order valence-corrected chi connectivity index (χ2v) is 5.41. The number of hydrogen-bond donors (Lipinski definition) is 2.